The largest absolute Gasteiger partial charge is 0.487 e. The van der Waals surface area contributed by atoms with Crippen molar-refractivity contribution in [2.45, 2.75) is 135 Å². The first-order valence-corrected chi connectivity index (χ1v) is 24.4. The molecule has 380 valence electrons. The van der Waals surface area contributed by atoms with Crippen molar-refractivity contribution in [1.29, 1.82) is 0 Å². The van der Waals surface area contributed by atoms with Gasteiger partial charge in [-0.2, -0.15) is 0 Å². The lowest BCUT2D eigenvalue weighted by Gasteiger charge is -2.29. The second kappa shape index (κ2) is 25.9. The Bertz CT molecular complexity index is 2200. The first-order chi connectivity index (χ1) is 31.8. The molecule has 1 heterocycles. The van der Waals surface area contributed by atoms with Gasteiger partial charge >= 0.3 is 0 Å². The minimum absolute atomic E-state index is 0.0160. The molecule has 2 aromatic rings. The molecule has 21 heteroatoms. The lowest BCUT2D eigenvalue weighted by atomic mass is 9.94. The highest BCUT2D eigenvalue weighted by Gasteiger charge is 2.37. The van der Waals surface area contributed by atoms with Crippen LogP contribution in [0.3, 0.4) is 0 Å². The summed E-state index contributed by atoms with van der Waals surface area (Å²) in [4.78, 5) is 72.3. The van der Waals surface area contributed by atoms with E-state index >= 15 is 0 Å². The van der Waals surface area contributed by atoms with Crippen LogP contribution in [0, 0.1) is 26.7 Å². The Morgan fingerprint density at radius 2 is 1.47 bits per heavy atom. The van der Waals surface area contributed by atoms with Gasteiger partial charge < -0.3 is 57.0 Å². The van der Waals surface area contributed by atoms with E-state index in [9.17, 15) is 32.4 Å². The maximum absolute atomic E-state index is 14.1. The Hall–Kier alpha value is -5.35. The molecule has 5 amide bonds. The minimum Gasteiger partial charge on any atom is -0.487 e. The molecule has 3 rings (SSSR count). The molecular weight excluding hydrogens is 899 g/mol. The molecule has 2 aromatic carbocycles. The fraction of sp³-hybridized carbons (Fsp3) is 0.617. The van der Waals surface area contributed by atoms with E-state index in [1.807, 2.05) is 51.1 Å². The molecule has 0 radical (unpaired) electrons. The summed E-state index contributed by atoms with van der Waals surface area (Å²) in [5.41, 5.74) is 13.8. The van der Waals surface area contributed by atoms with E-state index in [-0.39, 0.29) is 56.5 Å². The summed E-state index contributed by atoms with van der Waals surface area (Å²) in [5, 5.41) is 13.4. The highest BCUT2D eigenvalue weighted by molar-refractivity contribution is 7.90. The molecular formula is C47H75N9O11S. The number of amides is 5. The standard InChI is InChI=1S/C47H75N9O11S/c1-28(2)38(44(61)54-36(26-66-46(6,7)8)43(60)53-35(41(58)50-11)24-32-16-13-12-14-17-32)55-42(59)34(52-37(57)27-65-23-22-64-21-19-48)18-15-20-51-45(49)56-68(62,63)40-30(4)29(3)39-33(31(40)5)25-47(9,10)67-39/h12-14,16-17,28,34-36,38H,15,18-27,48H2,1-11H3,(H,50,58)(H,52,57)(H,53,60)(H,54,61)(H,55,59)(H3,49,51,56)/t34-,35-,36-,38-/m0/s1. The third-order valence-electron chi connectivity index (χ3n) is 11.0. The van der Waals surface area contributed by atoms with Crippen molar-refractivity contribution in [3.63, 3.8) is 0 Å². The van der Waals surface area contributed by atoms with Crippen LogP contribution in [0.4, 0.5) is 0 Å². The topological polar surface area (TPSA) is 293 Å². The number of carbonyl (C=O) groups is 5. The molecule has 0 aliphatic carbocycles. The predicted octanol–water partition coefficient (Wildman–Crippen LogP) is 1.09. The molecule has 0 saturated carbocycles. The van der Waals surface area contributed by atoms with Crippen LogP contribution in [0.2, 0.25) is 0 Å². The van der Waals surface area contributed by atoms with Crippen LogP contribution in [0.15, 0.2) is 40.2 Å². The third-order valence-corrected chi connectivity index (χ3v) is 12.6. The van der Waals surface area contributed by atoms with Crippen molar-refractivity contribution < 1.29 is 51.3 Å². The quantitative estimate of drug-likeness (QED) is 0.0373. The SMILES string of the molecule is CNC(=O)[C@H](Cc1ccccc1)NC(=O)[C@H](COC(C)(C)C)NC(=O)[C@@H](NC(=O)[C@H](CCCN=C(N)NS(=O)(=O)c1c(C)c(C)c2c(c1C)CC(C)(C)O2)NC(=O)COCCOCCN)C(C)C. The molecule has 0 fully saturated rings. The maximum Gasteiger partial charge on any atom is 0.264 e. The second-order valence-electron chi connectivity index (χ2n) is 18.7. The summed E-state index contributed by atoms with van der Waals surface area (Å²) in [6, 6.07) is 4.41. The number of nitrogens with zero attached hydrogens (tertiary/aromatic N) is 1. The Morgan fingerprint density at radius 1 is 0.838 bits per heavy atom. The van der Waals surface area contributed by atoms with Gasteiger partial charge in [0.1, 0.15) is 42.1 Å². The number of rotatable bonds is 26. The van der Waals surface area contributed by atoms with Crippen molar-refractivity contribution in [3.05, 3.63) is 58.1 Å². The molecule has 0 unspecified atom stereocenters. The molecule has 4 atom stereocenters. The second-order valence-corrected chi connectivity index (χ2v) is 20.3. The van der Waals surface area contributed by atoms with Gasteiger partial charge in [-0.1, -0.05) is 44.2 Å². The van der Waals surface area contributed by atoms with Gasteiger partial charge in [-0.15, -0.1) is 0 Å². The monoisotopic (exact) mass is 974 g/mol. The van der Waals surface area contributed by atoms with Gasteiger partial charge in [-0.3, -0.25) is 29.0 Å². The maximum atomic E-state index is 14.1. The van der Waals surface area contributed by atoms with Gasteiger partial charge in [-0.05, 0) is 96.4 Å². The van der Waals surface area contributed by atoms with Gasteiger partial charge in [0.05, 0.1) is 36.9 Å². The Labute approximate surface area is 401 Å². The van der Waals surface area contributed by atoms with E-state index in [0.717, 1.165) is 11.1 Å². The van der Waals surface area contributed by atoms with E-state index in [0.29, 0.717) is 42.0 Å². The Morgan fingerprint density at radius 3 is 2.09 bits per heavy atom. The van der Waals surface area contributed by atoms with Crippen LogP contribution in [0.1, 0.15) is 89.1 Å². The number of nitrogens with one attached hydrogen (secondary N) is 6. The van der Waals surface area contributed by atoms with Gasteiger partial charge in [0.25, 0.3) is 10.0 Å². The summed E-state index contributed by atoms with van der Waals surface area (Å²) in [7, 11) is -2.73. The normalized spacial score (nSPS) is 15.3. The first kappa shape index (κ1) is 57.0. The van der Waals surface area contributed by atoms with Gasteiger partial charge in [0.15, 0.2) is 0 Å². The van der Waals surface area contributed by atoms with Crippen LogP contribution in [0.5, 0.6) is 5.75 Å². The molecule has 1 aliphatic rings. The van der Waals surface area contributed by atoms with Gasteiger partial charge in [0, 0.05) is 38.5 Å². The minimum atomic E-state index is -4.18. The lowest BCUT2D eigenvalue weighted by Crippen LogP contribution is -2.60. The number of benzene rings is 2. The van der Waals surface area contributed by atoms with Crippen molar-refractivity contribution in [1.82, 2.24) is 31.3 Å². The molecule has 0 bridgehead atoms. The zero-order valence-electron chi connectivity index (χ0n) is 41.6. The number of likely N-dealkylation sites (N-methyl/N-ethyl adjacent to an activating group) is 1. The number of ether oxygens (including phenoxy) is 4. The van der Waals surface area contributed by atoms with Crippen molar-refractivity contribution in [2.24, 2.45) is 22.4 Å². The summed E-state index contributed by atoms with van der Waals surface area (Å²) in [6.45, 7) is 18.1. The summed E-state index contributed by atoms with van der Waals surface area (Å²) < 4.78 is 52.6. The number of sulfonamides is 1. The van der Waals surface area contributed by atoms with E-state index in [1.54, 1.807) is 48.5 Å². The molecule has 1 aliphatic heterocycles. The fourth-order valence-corrected chi connectivity index (χ4v) is 8.93. The van der Waals surface area contributed by atoms with Gasteiger partial charge in [0.2, 0.25) is 35.5 Å². The number of carbonyl (C=O) groups excluding carboxylic acids is 5. The van der Waals surface area contributed by atoms with Crippen LogP contribution in [-0.2, 0) is 61.0 Å². The van der Waals surface area contributed by atoms with Crippen LogP contribution in [0.25, 0.3) is 0 Å². The number of nitrogens with two attached hydrogens (primary N) is 2. The number of guanidine groups is 1. The zero-order valence-corrected chi connectivity index (χ0v) is 42.4. The summed E-state index contributed by atoms with van der Waals surface area (Å²) >= 11 is 0. The molecule has 0 saturated heterocycles. The zero-order chi connectivity index (χ0) is 51.0. The van der Waals surface area contributed by atoms with E-state index in [2.05, 4.69) is 36.3 Å². The highest BCUT2D eigenvalue weighted by atomic mass is 32.2. The molecule has 0 spiro atoms. The van der Waals surface area contributed by atoms with Crippen LogP contribution >= 0.6 is 0 Å². The highest BCUT2D eigenvalue weighted by Crippen LogP contribution is 2.43. The third kappa shape index (κ3) is 17.6. The van der Waals surface area contributed by atoms with Crippen molar-refractivity contribution in [2.75, 3.05) is 53.2 Å². The van der Waals surface area contributed by atoms with Crippen LogP contribution < -0.4 is 47.5 Å². The average Bonchev–Trinajstić information content (AvgIpc) is 3.60. The lowest BCUT2D eigenvalue weighted by molar-refractivity contribution is -0.137. The summed E-state index contributed by atoms with van der Waals surface area (Å²) in [6.07, 6.45) is 0.828. The average molecular weight is 974 g/mol. The molecule has 10 N–H and O–H groups in total. The van der Waals surface area contributed by atoms with E-state index in [4.69, 9.17) is 30.4 Å². The van der Waals surface area contributed by atoms with Crippen molar-refractivity contribution in [3.8, 4) is 5.75 Å². The fourth-order valence-electron chi connectivity index (χ4n) is 7.41. The van der Waals surface area contributed by atoms with Gasteiger partial charge in [-0.25, -0.2) is 13.1 Å². The summed E-state index contributed by atoms with van der Waals surface area (Å²) in [5.74, 6) is -3.42. The molecule has 20 nitrogen and oxygen atoms in total. The number of hydrogen-bond acceptors (Lipinski definition) is 13. The Balaban J connectivity index is 1.80. The number of hydrogen-bond donors (Lipinski definition) is 8. The first-order valence-electron chi connectivity index (χ1n) is 22.9. The number of aliphatic imine (C=N–C) groups is 1. The number of fused-ring (bicyclic) bond motifs is 1. The van der Waals surface area contributed by atoms with Crippen molar-refractivity contribution >= 4 is 45.5 Å². The van der Waals surface area contributed by atoms with Crippen LogP contribution in [-0.4, -0.2) is 132 Å². The van der Waals surface area contributed by atoms with E-state index < -0.39 is 87.5 Å². The van der Waals surface area contributed by atoms with E-state index in [1.165, 1.54) is 7.05 Å². The molecule has 0 aromatic heterocycles. The Kier molecular flexibility index (Phi) is 21.7. The predicted molar refractivity (Wildman–Crippen MR) is 258 cm³/mol. The smallest absolute Gasteiger partial charge is 0.264 e. The molecule has 68 heavy (non-hydrogen) atoms.